The number of hydrogen-bond donors (Lipinski definition) is 1. The highest BCUT2D eigenvalue weighted by atomic mass is 32.2. The number of nitrogens with zero attached hydrogens (tertiary/aromatic N) is 1. The van der Waals surface area contributed by atoms with Gasteiger partial charge in [0.2, 0.25) is 0 Å². The van der Waals surface area contributed by atoms with E-state index in [0.717, 1.165) is 6.42 Å². The number of fused-ring (bicyclic) bond motifs is 1. The number of carbonyl (C=O) groups is 1. The van der Waals surface area contributed by atoms with E-state index in [9.17, 15) is 13.2 Å². The van der Waals surface area contributed by atoms with Crippen LogP contribution in [0, 0.1) is 0 Å². The van der Waals surface area contributed by atoms with Gasteiger partial charge in [0, 0.05) is 22.7 Å². The Hall–Kier alpha value is -3.33. The van der Waals surface area contributed by atoms with Crippen molar-refractivity contribution in [1.82, 2.24) is 4.98 Å². The van der Waals surface area contributed by atoms with Gasteiger partial charge in [-0.2, -0.15) is 8.42 Å². The van der Waals surface area contributed by atoms with Crippen LogP contribution in [0.25, 0.3) is 10.8 Å². The molecule has 3 rings (SSSR count). The third-order valence-corrected chi connectivity index (χ3v) is 5.57. The predicted molar refractivity (Wildman–Crippen MR) is 112 cm³/mol. The molecule has 0 bridgehead atoms. The molecule has 1 heterocycles. The van der Waals surface area contributed by atoms with Crippen molar-refractivity contribution in [3.8, 4) is 11.5 Å². The minimum Gasteiger partial charge on any atom is -0.497 e. The largest absolute Gasteiger partial charge is 0.497 e. The van der Waals surface area contributed by atoms with E-state index in [4.69, 9.17) is 19.4 Å². The van der Waals surface area contributed by atoms with Crippen molar-refractivity contribution >= 4 is 32.5 Å². The highest BCUT2D eigenvalue weighted by Crippen LogP contribution is 2.32. The van der Waals surface area contributed by atoms with Crippen molar-refractivity contribution in [2.24, 2.45) is 0 Å². The highest BCUT2D eigenvalue weighted by Gasteiger charge is 2.25. The van der Waals surface area contributed by atoms with Crippen LogP contribution < -0.4 is 14.7 Å². The molecule has 0 amide bonds. The summed E-state index contributed by atoms with van der Waals surface area (Å²) in [5.41, 5.74) is 6.05. The van der Waals surface area contributed by atoms with E-state index in [-0.39, 0.29) is 22.9 Å². The summed E-state index contributed by atoms with van der Waals surface area (Å²) in [5, 5.41) is 0.902. The molecule has 158 valence electrons. The van der Waals surface area contributed by atoms with Crippen LogP contribution in [0.3, 0.4) is 0 Å². The van der Waals surface area contributed by atoms with Crippen LogP contribution in [0.5, 0.6) is 11.5 Å². The molecule has 0 saturated carbocycles. The average molecular weight is 430 g/mol. The van der Waals surface area contributed by atoms with Gasteiger partial charge in [-0.3, -0.25) is 0 Å². The zero-order chi connectivity index (χ0) is 21.7. The van der Waals surface area contributed by atoms with Gasteiger partial charge in [-0.05, 0) is 48.9 Å². The van der Waals surface area contributed by atoms with Crippen LogP contribution in [0.2, 0.25) is 0 Å². The molecule has 0 spiro atoms. The maximum absolute atomic E-state index is 12.9. The number of ether oxygens (including phenoxy) is 2. The first-order chi connectivity index (χ1) is 14.4. The number of pyridine rings is 1. The normalized spacial score (nSPS) is 11.3. The number of hydrogen-bond acceptors (Lipinski definition) is 8. The van der Waals surface area contributed by atoms with E-state index in [2.05, 4.69) is 4.98 Å². The Morgan fingerprint density at radius 1 is 1.13 bits per heavy atom. The molecule has 0 atom stereocenters. The van der Waals surface area contributed by atoms with Crippen LogP contribution in [0.15, 0.2) is 53.6 Å². The molecule has 0 aliphatic rings. The minimum atomic E-state index is -4.26. The topological polar surface area (TPSA) is 118 Å². The zero-order valence-corrected chi connectivity index (χ0v) is 17.4. The van der Waals surface area contributed by atoms with Gasteiger partial charge in [-0.1, -0.05) is 13.3 Å². The van der Waals surface area contributed by atoms with E-state index in [1.54, 1.807) is 18.2 Å². The Bertz CT molecular complexity index is 1160. The third kappa shape index (κ3) is 4.62. The fourth-order valence-electron chi connectivity index (χ4n) is 2.72. The Kier molecular flexibility index (Phi) is 6.41. The number of nitrogens with two attached hydrogens (primary N) is 1. The molecule has 8 nitrogen and oxygen atoms in total. The second-order valence-electron chi connectivity index (χ2n) is 6.49. The number of nitrogen functional groups attached to an aromatic ring is 1. The number of aromatic nitrogens is 1. The minimum absolute atomic E-state index is 0.0963. The average Bonchev–Trinajstić information content (AvgIpc) is 2.73. The van der Waals surface area contributed by atoms with Crippen molar-refractivity contribution in [3.63, 3.8) is 0 Å². The van der Waals surface area contributed by atoms with Crippen LogP contribution in [-0.2, 0) is 14.9 Å². The summed E-state index contributed by atoms with van der Waals surface area (Å²) in [4.78, 5) is 16.6. The highest BCUT2D eigenvalue weighted by molar-refractivity contribution is 7.87. The monoisotopic (exact) mass is 430 g/mol. The summed E-state index contributed by atoms with van der Waals surface area (Å²) in [6.07, 6.45) is 2.94. The summed E-state index contributed by atoms with van der Waals surface area (Å²) in [7, 11) is -2.78. The SMILES string of the molecule is CCCCOC(=O)c1ncc2cc(N)ccc2c1OS(=O)(=O)c1ccc(OC)cc1. The molecule has 0 aliphatic carbocycles. The smallest absolute Gasteiger partial charge is 0.360 e. The number of carbonyl (C=O) groups excluding carboxylic acids is 1. The molecule has 0 fully saturated rings. The predicted octanol–water partition coefficient (Wildman–Crippen LogP) is 3.55. The summed E-state index contributed by atoms with van der Waals surface area (Å²) in [6, 6.07) is 10.5. The van der Waals surface area contributed by atoms with Crippen LogP contribution in [0.4, 0.5) is 5.69 Å². The van der Waals surface area contributed by atoms with Crippen molar-refractivity contribution in [3.05, 3.63) is 54.4 Å². The van der Waals surface area contributed by atoms with Gasteiger partial charge in [0.15, 0.2) is 11.4 Å². The Morgan fingerprint density at radius 3 is 2.53 bits per heavy atom. The number of esters is 1. The molecule has 0 saturated heterocycles. The molecule has 0 unspecified atom stereocenters. The maximum Gasteiger partial charge on any atom is 0.360 e. The van der Waals surface area contributed by atoms with Gasteiger partial charge >= 0.3 is 16.1 Å². The Balaban J connectivity index is 2.06. The van der Waals surface area contributed by atoms with Crippen molar-refractivity contribution in [2.75, 3.05) is 19.5 Å². The molecule has 2 aromatic carbocycles. The molecular formula is C21H22N2O6S. The van der Waals surface area contributed by atoms with Gasteiger partial charge in [0.25, 0.3) is 0 Å². The van der Waals surface area contributed by atoms with E-state index in [0.29, 0.717) is 28.6 Å². The first-order valence-electron chi connectivity index (χ1n) is 9.29. The molecule has 1 aromatic heterocycles. The Labute approximate surface area is 174 Å². The quantitative estimate of drug-likeness (QED) is 0.249. The van der Waals surface area contributed by atoms with Gasteiger partial charge < -0.3 is 19.4 Å². The van der Waals surface area contributed by atoms with Crippen LogP contribution >= 0.6 is 0 Å². The number of benzene rings is 2. The summed E-state index contributed by atoms with van der Waals surface area (Å²) in [6.45, 7) is 2.16. The molecule has 2 N–H and O–H groups in total. The van der Waals surface area contributed by atoms with Crippen molar-refractivity contribution in [1.29, 1.82) is 0 Å². The van der Waals surface area contributed by atoms with Crippen molar-refractivity contribution < 1.29 is 26.9 Å². The molecule has 30 heavy (non-hydrogen) atoms. The standard InChI is InChI=1S/C21H22N2O6S/c1-3-4-11-28-21(24)19-20(18-10-5-15(22)12-14(18)13-23-19)29-30(25,26)17-8-6-16(27-2)7-9-17/h5-10,12-13H,3-4,11,22H2,1-2H3. The fraction of sp³-hybridized carbons (Fsp3) is 0.238. The Morgan fingerprint density at radius 2 is 1.87 bits per heavy atom. The zero-order valence-electron chi connectivity index (χ0n) is 16.6. The molecular weight excluding hydrogens is 408 g/mol. The summed E-state index contributed by atoms with van der Waals surface area (Å²) in [5.74, 6) is -0.469. The first kappa shape index (κ1) is 21.4. The van der Waals surface area contributed by atoms with E-state index >= 15 is 0 Å². The molecule has 0 radical (unpaired) electrons. The fourth-order valence-corrected chi connectivity index (χ4v) is 3.68. The van der Waals surface area contributed by atoms with Gasteiger partial charge in [0.1, 0.15) is 10.6 Å². The lowest BCUT2D eigenvalue weighted by molar-refractivity contribution is 0.0491. The van der Waals surface area contributed by atoms with E-state index in [1.807, 2.05) is 6.92 Å². The lowest BCUT2D eigenvalue weighted by Gasteiger charge is -2.14. The lowest BCUT2D eigenvalue weighted by atomic mass is 10.1. The second-order valence-corrected chi connectivity index (χ2v) is 8.03. The number of anilines is 1. The van der Waals surface area contributed by atoms with Gasteiger partial charge in [0.05, 0.1) is 13.7 Å². The van der Waals surface area contributed by atoms with Gasteiger partial charge in [-0.15, -0.1) is 0 Å². The van der Waals surface area contributed by atoms with Crippen LogP contribution in [0.1, 0.15) is 30.3 Å². The summed E-state index contributed by atoms with van der Waals surface area (Å²) >= 11 is 0. The van der Waals surface area contributed by atoms with Crippen molar-refractivity contribution in [2.45, 2.75) is 24.7 Å². The summed E-state index contributed by atoms with van der Waals surface area (Å²) < 4.78 is 41.4. The number of unbranched alkanes of at least 4 members (excludes halogenated alkanes) is 1. The molecule has 0 aliphatic heterocycles. The van der Waals surface area contributed by atoms with Gasteiger partial charge in [-0.25, -0.2) is 9.78 Å². The number of methoxy groups -OCH3 is 1. The third-order valence-electron chi connectivity index (χ3n) is 4.33. The molecule has 3 aromatic rings. The van der Waals surface area contributed by atoms with E-state index in [1.165, 1.54) is 37.6 Å². The van der Waals surface area contributed by atoms with Crippen LogP contribution in [-0.4, -0.2) is 33.1 Å². The van der Waals surface area contributed by atoms with E-state index < -0.39 is 16.1 Å². The number of rotatable bonds is 8. The second kappa shape index (κ2) is 9.00. The molecule has 9 heteroatoms. The lowest BCUT2D eigenvalue weighted by Crippen LogP contribution is -2.16. The maximum atomic E-state index is 12.9. The first-order valence-corrected chi connectivity index (χ1v) is 10.7.